The van der Waals surface area contributed by atoms with Crippen molar-refractivity contribution in [1.29, 1.82) is 0 Å². The Morgan fingerprint density at radius 2 is 1.29 bits per heavy atom. The summed E-state index contributed by atoms with van der Waals surface area (Å²) >= 11 is 0. The molecule has 0 aliphatic rings. The number of ether oxygens (including phenoxy) is 1. The third-order valence-electron chi connectivity index (χ3n) is 1.59. The van der Waals surface area contributed by atoms with Crippen molar-refractivity contribution in [3.05, 3.63) is 0 Å². The lowest BCUT2D eigenvalue weighted by Crippen LogP contribution is -2.33. The van der Waals surface area contributed by atoms with E-state index < -0.39 is 17.6 Å². The average Bonchev–Trinajstić information content (AvgIpc) is 1.72. The van der Waals surface area contributed by atoms with Gasteiger partial charge in [0.15, 0.2) is 0 Å². The lowest BCUT2D eigenvalue weighted by atomic mass is 9.83. The Hall–Kier alpha value is -0.0400. The third-order valence-corrected chi connectivity index (χ3v) is 1.59. The molecule has 0 spiro atoms. The maximum absolute atomic E-state index is 7.99. The molecule has 0 fully saturated rings. The fourth-order valence-corrected chi connectivity index (χ4v) is 1.60. The van der Waals surface area contributed by atoms with E-state index in [1.54, 1.807) is 0 Å². The molecule has 0 radical (unpaired) electrons. The topological polar surface area (TPSA) is 9.23 Å². The molecule has 0 amide bonds. The quantitative estimate of drug-likeness (QED) is 0.664. The van der Waals surface area contributed by atoms with Gasteiger partial charge in [-0.1, -0.05) is 41.5 Å². The van der Waals surface area contributed by atoms with Crippen molar-refractivity contribution < 1.29 is 7.48 Å². The summed E-state index contributed by atoms with van der Waals surface area (Å²) in [7, 11) is 0. The summed E-state index contributed by atoms with van der Waals surface area (Å²) in [6.45, 7) is 14.3. The minimum atomic E-state index is -1.61. The highest BCUT2D eigenvalue weighted by atomic mass is 16.5. The maximum Gasteiger partial charge on any atom is 0.0631 e. The molecule has 0 bridgehead atoms. The first-order valence-corrected chi connectivity index (χ1v) is 5.37. The summed E-state index contributed by atoms with van der Waals surface area (Å²) in [5.41, 5.74) is -0.825. The Morgan fingerprint density at radius 1 is 0.857 bits per heavy atom. The first-order chi connectivity index (χ1) is 6.66. The standard InChI is InChI=1S/C13H28O/c1-11(2,3)9-13(7,8)14-10-12(4,5)6/h9-10H2,1-8H3/i10D2. The van der Waals surface area contributed by atoms with Crippen molar-refractivity contribution in [3.63, 3.8) is 0 Å². The number of hydrogen-bond donors (Lipinski definition) is 0. The molecule has 1 nitrogen and oxygen atoms in total. The molecule has 0 N–H and O–H groups in total. The highest BCUT2D eigenvalue weighted by Gasteiger charge is 2.27. The van der Waals surface area contributed by atoms with Crippen LogP contribution in [0.15, 0.2) is 0 Å². The second-order valence-electron chi connectivity index (χ2n) is 6.95. The third kappa shape index (κ3) is 8.55. The molecular weight excluding hydrogens is 172 g/mol. The predicted octanol–water partition coefficient (Wildman–Crippen LogP) is 4.26. The zero-order valence-corrected chi connectivity index (χ0v) is 11.1. The Kier molecular flexibility index (Phi) is 3.16. The fourth-order valence-electron chi connectivity index (χ4n) is 1.60. The smallest absolute Gasteiger partial charge is 0.0631 e. The van der Waals surface area contributed by atoms with Crippen molar-refractivity contribution >= 4 is 0 Å². The second-order valence-corrected chi connectivity index (χ2v) is 6.95. The molecule has 0 saturated heterocycles. The first kappa shape index (κ1) is 10.5. The van der Waals surface area contributed by atoms with Gasteiger partial charge in [-0.3, -0.25) is 0 Å². The molecule has 86 valence electrons. The molecule has 0 saturated carbocycles. The minimum Gasteiger partial charge on any atom is -0.375 e. The SMILES string of the molecule is [2H]C([2H])(OC(C)(C)CC(C)(C)C)C(C)(C)C. The molecule has 0 aromatic heterocycles. The average molecular weight is 202 g/mol. The molecule has 1 heteroatoms. The molecular formula is C13H28O. The fraction of sp³-hybridized carbons (Fsp3) is 1.00. The Balaban J connectivity index is 4.72. The van der Waals surface area contributed by atoms with Crippen LogP contribution >= 0.6 is 0 Å². The van der Waals surface area contributed by atoms with Gasteiger partial charge in [-0.25, -0.2) is 0 Å². The van der Waals surface area contributed by atoms with Crippen LogP contribution in [0.3, 0.4) is 0 Å². The Labute approximate surface area is 93.0 Å². The maximum atomic E-state index is 7.99. The Bertz CT molecular complexity index is 231. The van der Waals surface area contributed by atoms with E-state index in [0.29, 0.717) is 0 Å². The van der Waals surface area contributed by atoms with Crippen LogP contribution in [0.2, 0.25) is 0 Å². The largest absolute Gasteiger partial charge is 0.375 e. The van der Waals surface area contributed by atoms with Gasteiger partial charge in [0, 0.05) is 0 Å². The van der Waals surface area contributed by atoms with E-state index in [9.17, 15) is 0 Å². The van der Waals surface area contributed by atoms with Crippen molar-refractivity contribution in [2.45, 2.75) is 67.4 Å². The zero-order valence-electron chi connectivity index (χ0n) is 13.1. The van der Waals surface area contributed by atoms with Crippen molar-refractivity contribution in [2.75, 3.05) is 6.56 Å². The van der Waals surface area contributed by atoms with Gasteiger partial charge in [0.2, 0.25) is 0 Å². The zero-order chi connectivity index (χ0) is 13.4. The summed E-state index contributed by atoms with van der Waals surface area (Å²) in [6, 6.07) is 0. The molecule has 0 rings (SSSR count). The van der Waals surface area contributed by atoms with Gasteiger partial charge in [0.1, 0.15) is 0 Å². The van der Waals surface area contributed by atoms with Gasteiger partial charge >= 0.3 is 0 Å². The normalized spacial score (nSPS) is 17.7. The minimum absolute atomic E-state index is 0.136. The van der Waals surface area contributed by atoms with Crippen LogP contribution < -0.4 is 0 Å². The summed E-state index contributed by atoms with van der Waals surface area (Å²) in [5.74, 6) is 0. The van der Waals surface area contributed by atoms with Crippen LogP contribution in [0.5, 0.6) is 0 Å². The molecule has 0 heterocycles. The van der Waals surface area contributed by atoms with E-state index in [-0.39, 0.29) is 5.41 Å². The summed E-state index contributed by atoms with van der Waals surface area (Å²) < 4.78 is 21.7. The second kappa shape index (κ2) is 4.22. The Morgan fingerprint density at radius 3 is 1.57 bits per heavy atom. The van der Waals surface area contributed by atoms with Crippen molar-refractivity contribution in [1.82, 2.24) is 0 Å². The molecule has 0 aromatic rings. The van der Waals surface area contributed by atoms with Crippen LogP contribution in [0.1, 0.15) is 64.6 Å². The van der Waals surface area contributed by atoms with Gasteiger partial charge in [-0.05, 0) is 31.1 Å². The van der Waals surface area contributed by atoms with Gasteiger partial charge in [0.05, 0.1) is 14.9 Å². The summed E-state index contributed by atoms with van der Waals surface area (Å²) in [5, 5.41) is 0. The van der Waals surface area contributed by atoms with E-state index in [1.807, 2.05) is 34.6 Å². The lowest BCUT2D eigenvalue weighted by molar-refractivity contribution is -0.0708. The molecule has 14 heavy (non-hydrogen) atoms. The molecule has 0 unspecified atom stereocenters. The van der Waals surface area contributed by atoms with Crippen LogP contribution in [0.25, 0.3) is 0 Å². The van der Waals surface area contributed by atoms with Gasteiger partial charge in [0.25, 0.3) is 0 Å². The van der Waals surface area contributed by atoms with Gasteiger partial charge < -0.3 is 4.74 Å². The lowest BCUT2D eigenvalue weighted by Gasteiger charge is -2.34. The van der Waals surface area contributed by atoms with Gasteiger partial charge in [-0.2, -0.15) is 0 Å². The monoisotopic (exact) mass is 202 g/mol. The highest BCUT2D eigenvalue weighted by Crippen LogP contribution is 2.30. The van der Waals surface area contributed by atoms with E-state index >= 15 is 0 Å². The van der Waals surface area contributed by atoms with E-state index in [0.717, 1.165) is 6.42 Å². The van der Waals surface area contributed by atoms with Crippen LogP contribution in [-0.2, 0) is 4.74 Å². The molecule has 0 aromatic carbocycles. The van der Waals surface area contributed by atoms with E-state index in [2.05, 4.69) is 20.8 Å². The van der Waals surface area contributed by atoms with Gasteiger partial charge in [-0.15, -0.1) is 0 Å². The van der Waals surface area contributed by atoms with Crippen LogP contribution in [0, 0.1) is 10.8 Å². The van der Waals surface area contributed by atoms with Crippen molar-refractivity contribution in [2.24, 2.45) is 10.8 Å². The van der Waals surface area contributed by atoms with Crippen molar-refractivity contribution in [3.8, 4) is 0 Å². The van der Waals surface area contributed by atoms with E-state index in [4.69, 9.17) is 7.48 Å². The van der Waals surface area contributed by atoms with Crippen LogP contribution in [0.4, 0.5) is 0 Å². The molecule has 0 aliphatic carbocycles. The molecule has 0 atom stereocenters. The van der Waals surface area contributed by atoms with Crippen LogP contribution in [-0.4, -0.2) is 12.2 Å². The predicted molar refractivity (Wildman–Crippen MR) is 63.6 cm³/mol. The molecule has 0 aliphatic heterocycles. The van der Waals surface area contributed by atoms with E-state index in [1.165, 1.54) is 0 Å². The first-order valence-electron chi connectivity index (χ1n) is 6.37. The number of hydrogen-bond acceptors (Lipinski definition) is 1. The number of rotatable bonds is 3. The summed E-state index contributed by atoms with van der Waals surface area (Å²) in [4.78, 5) is 0. The highest BCUT2D eigenvalue weighted by molar-refractivity contribution is 4.78. The summed E-state index contributed by atoms with van der Waals surface area (Å²) in [6.07, 6.45) is 0.829.